The fourth-order valence-electron chi connectivity index (χ4n) is 3.26. The maximum Gasteiger partial charge on any atom is 0.227 e. The zero-order valence-corrected chi connectivity index (χ0v) is 17.8. The van der Waals surface area contributed by atoms with Gasteiger partial charge in [0.1, 0.15) is 12.1 Å². The van der Waals surface area contributed by atoms with E-state index >= 15 is 0 Å². The number of ether oxygens (including phenoxy) is 1. The Balaban J connectivity index is 1.77. The van der Waals surface area contributed by atoms with Crippen molar-refractivity contribution in [1.82, 2.24) is 24.7 Å². The van der Waals surface area contributed by atoms with Crippen molar-refractivity contribution in [2.75, 3.05) is 19.0 Å². The number of carbonyl (C=O) groups excluding carboxylic acids is 1. The lowest BCUT2D eigenvalue weighted by molar-refractivity contribution is -0.117. The van der Waals surface area contributed by atoms with Gasteiger partial charge < -0.3 is 14.6 Å². The second kappa shape index (κ2) is 9.11. The molecule has 0 saturated heterocycles. The molecule has 1 amide bonds. The van der Waals surface area contributed by atoms with Crippen LogP contribution in [0.1, 0.15) is 12.0 Å². The average Bonchev–Trinajstić information content (AvgIpc) is 3.44. The Kier molecular flexibility index (Phi) is 6.11. The van der Waals surface area contributed by atoms with Crippen molar-refractivity contribution in [2.45, 2.75) is 13.3 Å². The molecule has 8 nitrogen and oxygen atoms in total. The first-order valence-electron chi connectivity index (χ1n) is 9.65. The number of anilines is 1. The van der Waals surface area contributed by atoms with Crippen LogP contribution in [0.5, 0.6) is 0 Å². The Bertz CT molecular complexity index is 1200. The number of H-pyrrole nitrogens is 1. The summed E-state index contributed by atoms with van der Waals surface area (Å²) in [5.41, 5.74) is 4.41. The topological polar surface area (TPSA) is 97.7 Å². The van der Waals surface area contributed by atoms with Crippen molar-refractivity contribution in [3.8, 4) is 28.2 Å². The van der Waals surface area contributed by atoms with Crippen LogP contribution in [0.3, 0.4) is 0 Å². The number of pyridine rings is 1. The highest BCUT2D eigenvalue weighted by atomic mass is 35.5. The first-order chi connectivity index (χ1) is 15.1. The molecule has 158 valence electrons. The van der Waals surface area contributed by atoms with E-state index in [9.17, 15) is 4.79 Å². The van der Waals surface area contributed by atoms with Crippen LogP contribution in [0.25, 0.3) is 28.2 Å². The third-order valence-corrected chi connectivity index (χ3v) is 5.13. The second-order valence-electron chi connectivity index (χ2n) is 6.94. The molecule has 3 aromatic heterocycles. The van der Waals surface area contributed by atoms with Gasteiger partial charge in [-0.25, -0.2) is 9.97 Å². The lowest BCUT2D eigenvalue weighted by Gasteiger charge is -2.10. The molecule has 0 saturated carbocycles. The third kappa shape index (κ3) is 4.50. The number of nitrogens with zero attached hydrogens (tertiary/aromatic N) is 4. The van der Waals surface area contributed by atoms with Gasteiger partial charge in [0.2, 0.25) is 5.91 Å². The van der Waals surface area contributed by atoms with Crippen LogP contribution < -0.4 is 5.32 Å². The maximum absolute atomic E-state index is 12.1. The minimum atomic E-state index is -0.158. The van der Waals surface area contributed by atoms with Crippen molar-refractivity contribution < 1.29 is 9.53 Å². The molecular formula is C22H21ClN6O2. The SMILES string of the molecule is COCCC(=O)Nc1cc(-n2cc(-c3nc[nH]n3)c(-c3ccccc3Cl)c2)c(C)cn1. The number of hydrogen-bond donors (Lipinski definition) is 2. The molecule has 2 N–H and O–H groups in total. The molecule has 0 fully saturated rings. The van der Waals surface area contributed by atoms with Gasteiger partial charge in [0, 0.05) is 53.5 Å². The Labute approximate surface area is 184 Å². The molecule has 9 heteroatoms. The van der Waals surface area contributed by atoms with Crippen molar-refractivity contribution in [2.24, 2.45) is 0 Å². The minimum absolute atomic E-state index is 0.158. The van der Waals surface area contributed by atoms with Crippen LogP contribution in [-0.2, 0) is 9.53 Å². The zero-order valence-electron chi connectivity index (χ0n) is 17.1. The normalized spacial score (nSPS) is 10.9. The van der Waals surface area contributed by atoms with Crippen LogP contribution in [0.2, 0.25) is 5.02 Å². The van der Waals surface area contributed by atoms with E-state index < -0.39 is 0 Å². The van der Waals surface area contributed by atoms with Gasteiger partial charge in [-0.1, -0.05) is 29.8 Å². The summed E-state index contributed by atoms with van der Waals surface area (Å²) in [5.74, 6) is 0.873. The van der Waals surface area contributed by atoms with Gasteiger partial charge in [-0.05, 0) is 18.6 Å². The molecule has 0 atom stereocenters. The third-order valence-electron chi connectivity index (χ3n) is 4.80. The molecule has 0 spiro atoms. The quantitative estimate of drug-likeness (QED) is 0.451. The summed E-state index contributed by atoms with van der Waals surface area (Å²) in [7, 11) is 1.56. The second-order valence-corrected chi connectivity index (χ2v) is 7.35. The number of aromatic nitrogens is 5. The van der Waals surface area contributed by atoms with Gasteiger partial charge in [0.25, 0.3) is 0 Å². The van der Waals surface area contributed by atoms with E-state index in [-0.39, 0.29) is 12.3 Å². The number of hydrogen-bond acceptors (Lipinski definition) is 5. The number of aryl methyl sites for hydroxylation is 1. The van der Waals surface area contributed by atoms with Gasteiger partial charge in [0.05, 0.1) is 18.7 Å². The van der Waals surface area contributed by atoms with Crippen LogP contribution in [0.4, 0.5) is 5.82 Å². The van der Waals surface area contributed by atoms with E-state index in [2.05, 4.69) is 25.5 Å². The fraction of sp³-hybridized carbons (Fsp3) is 0.182. The summed E-state index contributed by atoms with van der Waals surface area (Å²) < 4.78 is 6.92. The Morgan fingerprint density at radius 3 is 2.74 bits per heavy atom. The lowest BCUT2D eigenvalue weighted by Crippen LogP contribution is -2.15. The van der Waals surface area contributed by atoms with Crippen LogP contribution in [-0.4, -0.2) is 44.4 Å². The van der Waals surface area contributed by atoms with Crippen molar-refractivity contribution in [3.63, 3.8) is 0 Å². The molecular weight excluding hydrogens is 416 g/mol. The van der Waals surface area contributed by atoms with Crippen LogP contribution >= 0.6 is 11.6 Å². The number of benzene rings is 1. The molecule has 0 aliphatic carbocycles. The average molecular weight is 437 g/mol. The Morgan fingerprint density at radius 2 is 2.00 bits per heavy atom. The number of methoxy groups -OCH3 is 1. The zero-order chi connectivity index (χ0) is 21.8. The molecule has 0 radical (unpaired) electrons. The largest absolute Gasteiger partial charge is 0.384 e. The van der Waals surface area contributed by atoms with Gasteiger partial charge in [-0.15, -0.1) is 0 Å². The molecule has 3 heterocycles. The van der Waals surface area contributed by atoms with E-state index in [1.807, 2.05) is 54.2 Å². The lowest BCUT2D eigenvalue weighted by atomic mass is 10.0. The van der Waals surface area contributed by atoms with Crippen molar-refractivity contribution in [3.05, 3.63) is 65.8 Å². The molecule has 0 unspecified atom stereocenters. The minimum Gasteiger partial charge on any atom is -0.384 e. The van der Waals surface area contributed by atoms with E-state index in [1.165, 1.54) is 6.33 Å². The van der Waals surface area contributed by atoms with Crippen molar-refractivity contribution in [1.29, 1.82) is 0 Å². The van der Waals surface area contributed by atoms with E-state index in [0.717, 1.165) is 27.9 Å². The highest BCUT2D eigenvalue weighted by Gasteiger charge is 2.18. The van der Waals surface area contributed by atoms with Gasteiger partial charge >= 0.3 is 0 Å². The van der Waals surface area contributed by atoms with Crippen LogP contribution in [0, 0.1) is 6.92 Å². The summed E-state index contributed by atoms with van der Waals surface area (Å²) in [6, 6.07) is 9.46. The summed E-state index contributed by atoms with van der Waals surface area (Å²) in [4.78, 5) is 20.7. The number of aromatic amines is 1. The first kappa shape index (κ1) is 20.8. The molecule has 0 aliphatic rings. The standard InChI is InChI=1S/C22H21ClN6O2/c1-14-10-24-20(27-21(30)7-8-31-2)9-19(14)29-11-16(15-5-3-4-6-18(15)23)17(12-29)22-25-13-26-28-22/h3-6,9-13H,7-8H2,1-2H3,(H,24,27,30)(H,25,26,28). The summed E-state index contributed by atoms with van der Waals surface area (Å²) in [6.07, 6.45) is 7.44. The summed E-state index contributed by atoms with van der Waals surface area (Å²) in [5, 5.41) is 10.4. The molecule has 1 aromatic carbocycles. The highest BCUT2D eigenvalue weighted by molar-refractivity contribution is 6.33. The summed E-state index contributed by atoms with van der Waals surface area (Å²) >= 11 is 6.48. The van der Waals surface area contributed by atoms with Crippen molar-refractivity contribution >= 4 is 23.3 Å². The number of nitrogens with one attached hydrogen (secondary N) is 2. The molecule has 0 bridgehead atoms. The fourth-order valence-corrected chi connectivity index (χ4v) is 3.50. The Morgan fingerprint density at radius 1 is 1.19 bits per heavy atom. The predicted octanol–water partition coefficient (Wildman–Crippen LogP) is 4.26. The number of rotatable bonds is 7. The molecule has 4 aromatic rings. The van der Waals surface area contributed by atoms with Gasteiger partial charge in [0.15, 0.2) is 5.82 Å². The van der Waals surface area contributed by atoms with Gasteiger partial charge in [-0.2, -0.15) is 5.10 Å². The van der Waals surface area contributed by atoms with Gasteiger partial charge in [-0.3, -0.25) is 9.89 Å². The predicted molar refractivity (Wildman–Crippen MR) is 119 cm³/mol. The number of amides is 1. The number of halogens is 1. The first-order valence-corrected chi connectivity index (χ1v) is 10.0. The smallest absolute Gasteiger partial charge is 0.227 e. The number of carbonyl (C=O) groups is 1. The maximum atomic E-state index is 12.1. The monoisotopic (exact) mass is 436 g/mol. The highest BCUT2D eigenvalue weighted by Crippen LogP contribution is 2.36. The van der Waals surface area contributed by atoms with E-state index in [4.69, 9.17) is 16.3 Å². The summed E-state index contributed by atoms with van der Waals surface area (Å²) in [6.45, 7) is 2.31. The molecule has 4 rings (SSSR count). The Hall–Kier alpha value is -3.49. The molecule has 0 aliphatic heterocycles. The molecule has 31 heavy (non-hydrogen) atoms. The van der Waals surface area contributed by atoms with Crippen LogP contribution in [0.15, 0.2) is 55.2 Å². The van der Waals surface area contributed by atoms with E-state index in [0.29, 0.717) is 23.3 Å². The van der Waals surface area contributed by atoms with E-state index in [1.54, 1.807) is 13.3 Å².